The maximum Gasteiger partial charge on any atom is 0.191 e. The Hall–Kier alpha value is -1.42. The number of nitrogens with zero attached hydrogens (tertiary/aromatic N) is 3. The molecule has 2 heterocycles. The summed E-state index contributed by atoms with van der Waals surface area (Å²) in [5.41, 5.74) is 2.01. The molecule has 2 N–H and O–H groups in total. The quantitative estimate of drug-likeness (QED) is 0.378. The van der Waals surface area contributed by atoms with Crippen molar-refractivity contribution in [3.63, 3.8) is 0 Å². The van der Waals surface area contributed by atoms with Crippen LogP contribution < -0.4 is 15.5 Å². The third kappa shape index (κ3) is 6.03. The monoisotopic (exact) mass is 503 g/mol. The van der Waals surface area contributed by atoms with Crippen LogP contribution >= 0.6 is 35.3 Å². The van der Waals surface area contributed by atoms with Crippen molar-refractivity contribution in [2.24, 2.45) is 4.99 Å². The zero-order chi connectivity index (χ0) is 18.5. The van der Waals surface area contributed by atoms with E-state index in [2.05, 4.69) is 25.5 Å². The summed E-state index contributed by atoms with van der Waals surface area (Å²) in [6.07, 6.45) is 2.14. The van der Waals surface area contributed by atoms with Crippen LogP contribution in [0.15, 0.2) is 29.3 Å². The van der Waals surface area contributed by atoms with Crippen LogP contribution in [0.2, 0.25) is 0 Å². The number of halogens is 2. The van der Waals surface area contributed by atoms with Gasteiger partial charge in [-0.2, -0.15) is 0 Å². The number of anilines is 1. The molecule has 0 aliphatic carbocycles. The Balaban J connectivity index is 0.00000261. The van der Waals surface area contributed by atoms with Crippen molar-refractivity contribution in [1.29, 1.82) is 0 Å². The van der Waals surface area contributed by atoms with E-state index < -0.39 is 0 Å². The highest BCUT2D eigenvalue weighted by molar-refractivity contribution is 14.0. The third-order valence-corrected chi connectivity index (χ3v) is 5.65. The fourth-order valence-electron chi connectivity index (χ4n) is 3.29. The fourth-order valence-corrected chi connectivity index (χ4v) is 4.17. The van der Waals surface area contributed by atoms with E-state index in [1.807, 2.05) is 19.9 Å². The van der Waals surface area contributed by atoms with E-state index in [-0.39, 0.29) is 35.8 Å². The van der Waals surface area contributed by atoms with Gasteiger partial charge in [0.25, 0.3) is 0 Å². The molecule has 2 aromatic rings. The molecule has 1 atom stereocenters. The molecule has 0 spiro atoms. The smallest absolute Gasteiger partial charge is 0.191 e. The summed E-state index contributed by atoms with van der Waals surface area (Å²) in [7, 11) is 1.78. The standard InChI is InChI=1S/C19H26FN5S.HI/c1-13-18(26-14(2)23-13)11-22-19(21-3)24-16-7-5-9-25(12-16)17-8-4-6-15(20)10-17;/h4,6,8,10,16H,5,7,9,11-12H2,1-3H3,(H2,21,22,24);1H. The lowest BCUT2D eigenvalue weighted by molar-refractivity contribution is 0.467. The summed E-state index contributed by atoms with van der Waals surface area (Å²) >= 11 is 1.71. The second-order valence-corrected chi connectivity index (χ2v) is 7.86. The number of aliphatic imine (C=N–C) groups is 1. The van der Waals surface area contributed by atoms with Gasteiger partial charge in [0.1, 0.15) is 5.82 Å². The predicted molar refractivity (Wildman–Crippen MR) is 122 cm³/mol. The molecule has 5 nitrogen and oxygen atoms in total. The molecule has 1 saturated heterocycles. The molecular formula is C19H27FIN5S. The number of aryl methyl sites for hydroxylation is 2. The van der Waals surface area contributed by atoms with Gasteiger partial charge in [0.15, 0.2) is 5.96 Å². The van der Waals surface area contributed by atoms with Crippen molar-refractivity contribution in [2.45, 2.75) is 39.3 Å². The fraction of sp³-hybridized carbons (Fsp3) is 0.474. The number of hydrogen-bond acceptors (Lipinski definition) is 4. The molecule has 1 aliphatic rings. The summed E-state index contributed by atoms with van der Waals surface area (Å²) < 4.78 is 13.5. The number of rotatable bonds is 4. The maximum absolute atomic E-state index is 13.5. The van der Waals surface area contributed by atoms with Gasteiger partial charge in [-0.05, 0) is 44.9 Å². The molecule has 0 bridgehead atoms. The Morgan fingerprint density at radius 1 is 1.41 bits per heavy atom. The molecule has 8 heteroatoms. The molecule has 0 radical (unpaired) electrons. The van der Waals surface area contributed by atoms with Crippen LogP contribution in [0.1, 0.15) is 28.4 Å². The number of aromatic nitrogens is 1. The van der Waals surface area contributed by atoms with E-state index in [1.165, 1.54) is 10.9 Å². The Bertz CT molecular complexity index is 779. The first kappa shape index (κ1) is 21.9. The molecular weight excluding hydrogens is 476 g/mol. The summed E-state index contributed by atoms with van der Waals surface area (Å²) in [6.45, 7) is 6.57. The number of benzene rings is 1. The summed E-state index contributed by atoms with van der Waals surface area (Å²) in [5.74, 6) is 0.604. The first-order chi connectivity index (χ1) is 12.5. The number of guanidine groups is 1. The number of nitrogens with one attached hydrogen (secondary N) is 2. The van der Waals surface area contributed by atoms with Gasteiger partial charge in [0.2, 0.25) is 0 Å². The van der Waals surface area contributed by atoms with Crippen LogP contribution in [0.3, 0.4) is 0 Å². The van der Waals surface area contributed by atoms with Crippen LogP contribution in [0, 0.1) is 19.7 Å². The van der Waals surface area contributed by atoms with Gasteiger partial charge >= 0.3 is 0 Å². The number of thiazole rings is 1. The molecule has 27 heavy (non-hydrogen) atoms. The lowest BCUT2D eigenvalue weighted by Gasteiger charge is -2.35. The maximum atomic E-state index is 13.5. The second-order valence-electron chi connectivity index (χ2n) is 6.58. The minimum atomic E-state index is -0.190. The Morgan fingerprint density at radius 2 is 2.22 bits per heavy atom. The first-order valence-electron chi connectivity index (χ1n) is 8.95. The highest BCUT2D eigenvalue weighted by Gasteiger charge is 2.21. The zero-order valence-electron chi connectivity index (χ0n) is 16.0. The van der Waals surface area contributed by atoms with Crippen molar-refractivity contribution in [3.05, 3.63) is 45.7 Å². The number of hydrogen-bond donors (Lipinski definition) is 2. The molecule has 1 aromatic heterocycles. The van der Waals surface area contributed by atoms with Crippen molar-refractivity contribution in [3.8, 4) is 0 Å². The van der Waals surface area contributed by atoms with Gasteiger partial charge in [-0.1, -0.05) is 6.07 Å². The average Bonchev–Trinajstić information content (AvgIpc) is 2.96. The van der Waals surface area contributed by atoms with Crippen molar-refractivity contribution in [1.82, 2.24) is 15.6 Å². The minimum Gasteiger partial charge on any atom is -0.369 e. The Kier molecular flexibility index (Phi) is 8.28. The summed E-state index contributed by atoms with van der Waals surface area (Å²) in [4.78, 5) is 12.3. The van der Waals surface area contributed by atoms with E-state index >= 15 is 0 Å². The second kappa shape index (κ2) is 10.2. The van der Waals surface area contributed by atoms with E-state index in [1.54, 1.807) is 30.5 Å². The Morgan fingerprint density at radius 3 is 2.89 bits per heavy atom. The van der Waals surface area contributed by atoms with E-state index in [4.69, 9.17) is 0 Å². The summed E-state index contributed by atoms with van der Waals surface area (Å²) in [6, 6.07) is 7.10. The van der Waals surface area contributed by atoms with Gasteiger partial charge < -0.3 is 15.5 Å². The number of piperidine rings is 1. The van der Waals surface area contributed by atoms with Gasteiger partial charge in [0, 0.05) is 36.7 Å². The molecule has 1 fully saturated rings. The molecule has 148 valence electrons. The van der Waals surface area contributed by atoms with Crippen LogP contribution in [0.5, 0.6) is 0 Å². The average molecular weight is 503 g/mol. The van der Waals surface area contributed by atoms with Crippen molar-refractivity contribution >= 4 is 47.0 Å². The molecule has 1 aromatic carbocycles. The minimum absolute atomic E-state index is 0. The highest BCUT2D eigenvalue weighted by atomic mass is 127. The van der Waals surface area contributed by atoms with Crippen molar-refractivity contribution < 1.29 is 4.39 Å². The highest BCUT2D eigenvalue weighted by Crippen LogP contribution is 2.21. The largest absolute Gasteiger partial charge is 0.369 e. The molecule has 0 saturated carbocycles. The van der Waals surface area contributed by atoms with Gasteiger partial charge in [0.05, 0.1) is 17.2 Å². The van der Waals surface area contributed by atoms with Gasteiger partial charge in [-0.3, -0.25) is 4.99 Å². The normalized spacial score (nSPS) is 17.4. The SMILES string of the molecule is CN=C(NCc1sc(C)nc1C)NC1CCCN(c2cccc(F)c2)C1.I. The topological polar surface area (TPSA) is 52.6 Å². The first-order valence-corrected chi connectivity index (χ1v) is 9.77. The van der Waals surface area contributed by atoms with Crippen LogP contribution in [-0.2, 0) is 6.54 Å². The zero-order valence-corrected chi connectivity index (χ0v) is 19.1. The Labute approximate surface area is 181 Å². The third-order valence-electron chi connectivity index (χ3n) is 4.58. The van der Waals surface area contributed by atoms with Crippen LogP contribution in [0.25, 0.3) is 0 Å². The summed E-state index contributed by atoms with van der Waals surface area (Å²) in [5, 5.41) is 7.97. The molecule has 1 unspecified atom stereocenters. The van der Waals surface area contributed by atoms with E-state index in [0.29, 0.717) is 0 Å². The van der Waals surface area contributed by atoms with Gasteiger partial charge in [-0.15, -0.1) is 35.3 Å². The van der Waals surface area contributed by atoms with Gasteiger partial charge in [-0.25, -0.2) is 9.37 Å². The predicted octanol–water partition coefficient (Wildman–Crippen LogP) is 3.85. The molecule has 1 aliphatic heterocycles. The van der Waals surface area contributed by atoms with E-state index in [0.717, 1.165) is 54.8 Å². The lowest BCUT2D eigenvalue weighted by Crippen LogP contribution is -2.51. The van der Waals surface area contributed by atoms with Crippen molar-refractivity contribution in [2.75, 3.05) is 25.0 Å². The van der Waals surface area contributed by atoms with Crippen LogP contribution in [-0.4, -0.2) is 37.1 Å². The van der Waals surface area contributed by atoms with E-state index in [9.17, 15) is 4.39 Å². The lowest BCUT2D eigenvalue weighted by atomic mass is 10.0. The van der Waals surface area contributed by atoms with Crippen LogP contribution in [0.4, 0.5) is 10.1 Å². The molecule has 3 rings (SSSR count). The molecule has 0 amide bonds.